The first kappa shape index (κ1) is 11.5. The second-order valence-electron chi connectivity index (χ2n) is 4.56. The fourth-order valence-corrected chi connectivity index (χ4v) is 3.20. The summed E-state index contributed by atoms with van der Waals surface area (Å²) in [4.78, 5) is 4.51. The van der Waals surface area contributed by atoms with Crippen LogP contribution >= 0.6 is 11.8 Å². The largest absolute Gasteiger partial charge is 0.368 e. The molecule has 0 saturated carbocycles. The Labute approximate surface area is 105 Å². The lowest BCUT2D eigenvalue weighted by molar-refractivity contribution is 0.0677. The molecule has 3 atom stereocenters. The summed E-state index contributed by atoms with van der Waals surface area (Å²) in [7, 11) is 0. The van der Waals surface area contributed by atoms with Crippen LogP contribution in [-0.4, -0.2) is 40.8 Å². The molecule has 3 unspecified atom stereocenters. The third-order valence-electron chi connectivity index (χ3n) is 3.40. The van der Waals surface area contributed by atoms with Gasteiger partial charge in [-0.1, -0.05) is 5.16 Å². The Morgan fingerprint density at radius 2 is 2.41 bits per heavy atom. The predicted molar refractivity (Wildman–Crippen MR) is 65.1 cm³/mol. The van der Waals surface area contributed by atoms with Gasteiger partial charge < -0.3 is 14.6 Å². The van der Waals surface area contributed by atoms with Gasteiger partial charge in [-0.3, -0.25) is 0 Å². The van der Waals surface area contributed by atoms with E-state index in [1.54, 1.807) is 0 Å². The van der Waals surface area contributed by atoms with Gasteiger partial charge in [-0.15, -0.1) is 0 Å². The average Bonchev–Trinajstić information content (AvgIpc) is 2.98. The Balaban J connectivity index is 1.73. The Bertz CT molecular complexity index is 379. The molecule has 2 saturated heterocycles. The highest BCUT2D eigenvalue weighted by Crippen LogP contribution is 2.29. The maximum atomic E-state index is 5.65. The monoisotopic (exact) mass is 255 g/mol. The Morgan fingerprint density at radius 1 is 1.47 bits per heavy atom. The van der Waals surface area contributed by atoms with E-state index in [9.17, 15) is 0 Å². The molecule has 0 spiro atoms. The SMILES string of the molecule is CC1NCCC1c1nc(C2CSCCO2)no1. The summed E-state index contributed by atoms with van der Waals surface area (Å²) in [6.45, 7) is 3.97. The summed E-state index contributed by atoms with van der Waals surface area (Å²) >= 11 is 1.88. The van der Waals surface area contributed by atoms with Crippen LogP contribution in [0.1, 0.15) is 37.1 Å². The highest BCUT2D eigenvalue weighted by Gasteiger charge is 2.31. The zero-order valence-corrected chi connectivity index (χ0v) is 10.7. The van der Waals surface area contributed by atoms with Crippen LogP contribution in [0, 0.1) is 0 Å². The molecule has 1 aromatic heterocycles. The van der Waals surface area contributed by atoms with E-state index in [0.717, 1.165) is 37.0 Å². The number of nitrogens with zero attached hydrogens (tertiary/aromatic N) is 2. The Morgan fingerprint density at radius 3 is 3.12 bits per heavy atom. The molecule has 94 valence electrons. The highest BCUT2D eigenvalue weighted by molar-refractivity contribution is 7.99. The summed E-state index contributed by atoms with van der Waals surface area (Å²) in [5, 5.41) is 7.46. The van der Waals surface area contributed by atoms with Gasteiger partial charge in [-0.25, -0.2) is 0 Å². The van der Waals surface area contributed by atoms with Crippen LogP contribution in [0.25, 0.3) is 0 Å². The zero-order valence-electron chi connectivity index (χ0n) is 9.89. The van der Waals surface area contributed by atoms with Crippen molar-refractivity contribution in [3.8, 4) is 0 Å². The van der Waals surface area contributed by atoms with Gasteiger partial charge in [-0.2, -0.15) is 16.7 Å². The van der Waals surface area contributed by atoms with Crippen molar-refractivity contribution in [1.82, 2.24) is 15.5 Å². The number of aromatic nitrogens is 2. The third kappa shape index (κ3) is 2.34. The molecule has 0 amide bonds. The average molecular weight is 255 g/mol. The first-order chi connectivity index (χ1) is 8.34. The number of nitrogens with one attached hydrogen (secondary N) is 1. The molecule has 17 heavy (non-hydrogen) atoms. The Hall–Kier alpha value is -0.590. The van der Waals surface area contributed by atoms with Gasteiger partial charge >= 0.3 is 0 Å². The molecule has 0 radical (unpaired) electrons. The van der Waals surface area contributed by atoms with Gasteiger partial charge in [0.25, 0.3) is 0 Å². The number of thioether (sulfide) groups is 1. The second kappa shape index (κ2) is 4.96. The number of hydrogen-bond donors (Lipinski definition) is 1. The van der Waals surface area contributed by atoms with Gasteiger partial charge in [0, 0.05) is 17.5 Å². The van der Waals surface area contributed by atoms with E-state index in [-0.39, 0.29) is 6.10 Å². The summed E-state index contributed by atoms with van der Waals surface area (Å²) in [5.41, 5.74) is 0. The maximum absolute atomic E-state index is 5.65. The van der Waals surface area contributed by atoms with Crippen LogP contribution < -0.4 is 5.32 Å². The van der Waals surface area contributed by atoms with E-state index in [0.29, 0.717) is 17.8 Å². The van der Waals surface area contributed by atoms with Gasteiger partial charge in [0.2, 0.25) is 11.7 Å². The zero-order chi connectivity index (χ0) is 11.7. The van der Waals surface area contributed by atoms with Crippen molar-refractivity contribution < 1.29 is 9.26 Å². The molecule has 1 aromatic rings. The normalized spacial score (nSPS) is 34.1. The molecule has 0 aromatic carbocycles. The predicted octanol–water partition coefficient (Wildman–Crippen LogP) is 1.34. The minimum absolute atomic E-state index is 0.0101. The molecule has 3 rings (SSSR count). The molecule has 2 fully saturated rings. The van der Waals surface area contributed by atoms with Crippen LogP contribution in [0.15, 0.2) is 4.52 Å². The summed E-state index contributed by atoms with van der Waals surface area (Å²) < 4.78 is 11.0. The fraction of sp³-hybridized carbons (Fsp3) is 0.818. The minimum Gasteiger partial charge on any atom is -0.368 e. The van der Waals surface area contributed by atoms with E-state index in [4.69, 9.17) is 9.26 Å². The topological polar surface area (TPSA) is 60.2 Å². The summed E-state index contributed by atoms with van der Waals surface area (Å²) in [6.07, 6.45) is 1.08. The molecule has 2 aliphatic heterocycles. The first-order valence-electron chi connectivity index (χ1n) is 6.11. The highest BCUT2D eigenvalue weighted by atomic mass is 32.2. The van der Waals surface area contributed by atoms with Crippen molar-refractivity contribution in [2.24, 2.45) is 0 Å². The van der Waals surface area contributed by atoms with Crippen molar-refractivity contribution in [3.05, 3.63) is 11.7 Å². The molecule has 6 heteroatoms. The minimum atomic E-state index is 0.0101. The lowest BCUT2D eigenvalue weighted by atomic mass is 10.0. The van der Waals surface area contributed by atoms with Crippen molar-refractivity contribution >= 4 is 11.8 Å². The van der Waals surface area contributed by atoms with Crippen LogP contribution in [0.2, 0.25) is 0 Å². The molecular formula is C11H17N3O2S. The van der Waals surface area contributed by atoms with Crippen molar-refractivity contribution in [3.63, 3.8) is 0 Å². The van der Waals surface area contributed by atoms with Gasteiger partial charge in [0.05, 0.1) is 12.5 Å². The van der Waals surface area contributed by atoms with Crippen LogP contribution in [0.4, 0.5) is 0 Å². The standard InChI is InChI=1S/C11H17N3O2S/c1-7-8(2-3-12-7)11-13-10(14-16-11)9-6-17-5-4-15-9/h7-9,12H,2-6H2,1H3. The van der Waals surface area contributed by atoms with E-state index in [1.807, 2.05) is 11.8 Å². The van der Waals surface area contributed by atoms with Crippen molar-refractivity contribution in [2.45, 2.75) is 31.4 Å². The fourth-order valence-electron chi connectivity index (χ4n) is 2.36. The molecule has 1 N–H and O–H groups in total. The maximum Gasteiger partial charge on any atom is 0.231 e. The van der Waals surface area contributed by atoms with E-state index >= 15 is 0 Å². The van der Waals surface area contributed by atoms with E-state index < -0.39 is 0 Å². The summed E-state index contributed by atoms with van der Waals surface area (Å²) in [6, 6.07) is 0.421. The second-order valence-corrected chi connectivity index (χ2v) is 5.71. The van der Waals surface area contributed by atoms with E-state index in [1.165, 1.54) is 0 Å². The molecule has 0 bridgehead atoms. The smallest absolute Gasteiger partial charge is 0.231 e. The Kier molecular flexibility index (Phi) is 3.35. The van der Waals surface area contributed by atoms with Crippen molar-refractivity contribution in [2.75, 3.05) is 24.7 Å². The quantitative estimate of drug-likeness (QED) is 0.860. The van der Waals surface area contributed by atoms with Gasteiger partial charge in [-0.05, 0) is 19.9 Å². The van der Waals surface area contributed by atoms with Gasteiger partial charge in [0.15, 0.2) is 0 Å². The number of hydrogen-bond acceptors (Lipinski definition) is 6. The van der Waals surface area contributed by atoms with Crippen LogP contribution in [0.5, 0.6) is 0 Å². The first-order valence-corrected chi connectivity index (χ1v) is 7.26. The number of rotatable bonds is 2. The molecule has 5 nitrogen and oxygen atoms in total. The van der Waals surface area contributed by atoms with Crippen LogP contribution in [-0.2, 0) is 4.74 Å². The molecule has 2 aliphatic rings. The lowest BCUT2D eigenvalue weighted by Gasteiger charge is -2.18. The molecule has 0 aliphatic carbocycles. The lowest BCUT2D eigenvalue weighted by Crippen LogP contribution is -2.22. The molecule has 3 heterocycles. The summed E-state index contributed by atoms with van der Waals surface area (Å²) in [5.74, 6) is 3.82. The van der Waals surface area contributed by atoms with Gasteiger partial charge in [0.1, 0.15) is 6.10 Å². The molecular weight excluding hydrogens is 238 g/mol. The van der Waals surface area contributed by atoms with Crippen LogP contribution in [0.3, 0.4) is 0 Å². The third-order valence-corrected chi connectivity index (χ3v) is 4.40. The number of ether oxygens (including phenoxy) is 1. The van der Waals surface area contributed by atoms with Crippen molar-refractivity contribution in [1.29, 1.82) is 0 Å². The van der Waals surface area contributed by atoms with E-state index in [2.05, 4.69) is 22.4 Å².